The van der Waals surface area contributed by atoms with Crippen molar-refractivity contribution in [2.75, 3.05) is 7.11 Å². The van der Waals surface area contributed by atoms with Crippen LogP contribution in [0.2, 0.25) is 0 Å². The van der Waals surface area contributed by atoms with Gasteiger partial charge in [-0.1, -0.05) is 0 Å². The van der Waals surface area contributed by atoms with E-state index in [-0.39, 0.29) is 5.48 Å². The molecule has 0 saturated heterocycles. The van der Waals surface area contributed by atoms with Gasteiger partial charge in [0.15, 0.2) is 5.65 Å². The lowest BCUT2D eigenvalue weighted by atomic mass is 10.5. The molecular weight excluding hydrogens is 160 g/mol. The predicted molar refractivity (Wildman–Crippen MR) is 41.8 cm³/mol. The van der Waals surface area contributed by atoms with Gasteiger partial charge in [-0.25, -0.2) is 9.97 Å². The summed E-state index contributed by atoms with van der Waals surface area (Å²) < 4.78 is 4.96. The SMILES string of the molecule is COc1ncnc2nc[nH]c12.O. The van der Waals surface area contributed by atoms with Crippen LogP contribution in [0.1, 0.15) is 0 Å². The van der Waals surface area contributed by atoms with Gasteiger partial charge >= 0.3 is 0 Å². The summed E-state index contributed by atoms with van der Waals surface area (Å²) in [6.07, 6.45) is 2.98. The fraction of sp³-hybridized carbons (Fsp3) is 0.167. The first-order valence-electron chi connectivity index (χ1n) is 3.10. The number of methoxy groups -OCH3 is 1. The highest BCUT2D eigenvalue weighted by Gasteiger charge is 2.03. The maximum atomic E-state index is 4.96. The number of ether oxygens (including phenoxy) is 1. The number of H-pyrrole nitrogens is 1. The van der Waals surface area contributed by atoms with E-state index in [1.807, 2.05) is 0 Å². The number of hydrogen-bond acceptors (Lipinski definition) is 4. The van der Waals surface area contributed by atoms with Crippen LogP contribution >= 0.6 is 0 Å². The van der Waals surface area contributed by atoms with Gasteiger partial charge < -0.3 is 15.2 Å². The highest BCUT2D eigenvalue weighted by Crippen LogP contribution is 2.15. The summed E-state index contributed by atoms with van der Waals surface area (Å²) in [6.45, 7) is 0. The molecule has 0 spiro atoms. The van der Waals surface area contributed by atoms with Crippen LogP contribution in [0.3, 0.4) is 0 Å². The number of nitrogens with one attached hydrogen (secondary N) is 1. The highest BCUT2D eigenvalue weighted by molar-refractivity contribution is 5.74. The minimum atomic E-state index is 0. The molecule has 64 valence electrons. The molecule has 6 heteroatoms. The van der Waals surface area contributed by atoms with Crippen molar-refractivity contribution in [2.24, 2.45) is 0 Å². The molecular formula is C6H8N4O2. The third kappa shape index (κ3) is 1.08. The molecule has 0 bridgehead atoms. The van der Waals surface area contributed by atoms with Gasteiger partial charge in [0.1, 0.15) is 11.8 Å². The molecule has 0 atom stereocenters. The van der Waals surface area contributed by atoms with E-state index < -0.39 is 0 Å². The highest BCUT2D eigenvalue weighted by atomic mass is 16.5. The van der Waals surface area contributed by atoms with Crippen LogP contribution in [-0.2, 0) is 0 Å². The zero-order chi connectivity index (χ0) is 7.68. The Hall–Kier alpha value is -1.69. The molecule has 0 unspecified atom stereocenters. The summed E-state index contributed by atoms with van der Waals surface area (Å²) in [6, 6.07) is 0. The van der Waals surface area contributed by atoms with Crippen molar-refractivity contribution >= 4 is 11.2 Å². The van der Waals surface area contributed by atoms with Gasteiger partial charge in [0.25, 0.3) is 0 Å². The lowest BCUT2D eigenvalue weighted by Gasteiger charge is -1.95. The van der Waals surface area contributed by atoms with Gasteiger partial charge in [0.05, 0.1) is 13.4 Å². The fourth-order valence-electron chi connectivity index (χ4n) is 0.898. The van der Waals surface area contributed by atoms with Gasteiger partial charge in [-0.15, -0.1) is 0 Å². The normalized spacial score (nSPS) is 9.42. The lowest BCUT2D eigenvalue weighted by Crippen LogP contribution is -1.89. The molecule has 2 aromatic rings. The average molecular weight is 168 g/mol. The summed E-state index contributed by atoms with van der Waals surface area (Å²) in [5.41, 5.74) is 1.35. The molecule has 0 aliphatic heterocycles. The van der Waals surface area contributed by atoms with Crippen molar-refractivity contribution in [2.45, 2.75) is 0 Å². The molecule has 2 aromatic heterocycles. The number of imidazole rings is 1. The Bertz CT molecular complexity index is 372. The van der Waals surface area contributed by atoms with Gasteiger partial charge in [-0.05, 0) is 0 Å². The average Bonchev–Trinajstić information content (AvgIpc) is 2.50. The van der Waals surface area contributed by atoms with E-state index in [9.17, 15) is 0 Å². The van der Waals surface area contributed by atoms with Crippen LogP contribution in [0.4, 0.5) is 0 Å². The Labute approximate surface area is 67.9 Å². The first-order valence-corrected chi connectivity index (χ1v) is 3.10. The van der Waals surface area contributed by atoms with E-state index in [2.05, 4.69) is 19.9 Å². The molecule has 0 fully saturated rings. The monoisotopic (exact) mass is 168 g/mol. The molecule has 0 amide bonds. The number of fused-ring (bicyclic) bond motifs is 1. The second-order valence-electron chi connectivity index (χ2n) is 1.98. The smallest absolute Gasteiger partial charge is 0.242 e. The summed E-state index contributed by atoms with van der Waals surface area (Å²) >= 11 is 0. The quantitative estimate of drug-likeness (QED) is 0.623. The maximum absolute atomic E-state index is 4.96. The van der Waals surface area contributed by atoms with E-state index >= 15 is 0 Å². The zero-order valence-electron chi connectivity index (χ0n) is 6.40. The Morgan fingerprint density at radius 3 is 2.92 bits per heavy atom. The Kier molecular flexibility index (Phi) is 2.20. The summed E-state index contributed by atoms with van der Waals surface area (Å²) in [7, 11) is 1.56. The zero-order valence-corrected chi connectivity index (χ0v) is 6.40. The van der Waals surface area contributed by atoms with E-state index in [4.69, 9.17) is 4.74 Å². The van der Waals surface area contributed by atoms with E-state index in [1.165, 1.54) is 6.33 Å². The second-order valence-corrected chi connectivity index (χ2v) is 1.98. The van der Waals surface area contributed by atoms with E-state index in [0.29, 0.717) is 11.5 Å². The molecule has 0 saturated carbocycles. The predicted octanol–water partition coefficient (Wildman–Crippen LogP) is -0.463. The number of hydrogen-bond donors (Lipinski definition) is 1. The molecule has 2 heterocycles. The lowest BCUT2D eigenvalue weighted by molar-refractivity contribution is 0.401. The third-order valence-corrected chi connectivity index (χ3v) is 1.38. The van der Waals surface area contributed by atoms with Crippen molar-refractivity contribution < 1.29 is 10.2 Å². The largest absolute Gasteiger partial charge is 0.479 e. The molecule has 0 radical (unpaired) electrons. The van der Waals surface area contributed by atoms with Crippen molar-refractivity contribution in [3.63, 3.8) is 0 Å². The van der Waals surface area contributed by atoms with Gasteiger partial charge in [0.2, 0.25) is 5.88 Å². The number of nitrogens with zero attached hydrogens (tertiary/aromatic N) is 3. The van der Waals surface area contributed by atoms with Crippen LogP contribution in [0.15, 0.2) is 12.7 Å². The number of aromatic nitrogens is 4. The van der Waals surface area contributed by atoms with Crippen LogP contribution in [0, 0.1) is 0 Å². The molecule has 2 rings (SSSR count). The molecule has 0 aliphatic rings. The van der Waals surface area contributed by atoms with Gasteiger partial charge in [-0.3, -0.25) is 0 Å². The van der Waals surface area contributed by atoms with Crippen molar-refractivity contribution in [1.29, 1.82) is 0 Å². The Morgan fingerprint density at radius 1 is 1.33 bits per heavy atom. The number of aromatic amines is 1. The van der Waals surface area contributed by atoms with Crippen molar-refractivity contribution in [1.82, 2.24) is 19.9 Å². The summed E-state index contributed by atoms with van der Waals surface area (Å²) in [5.74, 6) is 0.521. The first kappa shape index (κ1) is 8.41. The van der Waals surface area contributed by atoms with Crippen molar-refractivity contribution in [3.8, 4) is 5.88 Å². The van der Waals surface area contributed by atoms with Gasteiger partial charge in [0, 0.05) is 0 Å². The topological polar surface area (TPSA) is 95.2 Å². The van der Waals surface area contributed by atoms with Gasteiger partial charge in [-0.2, -0.15) is 4.98 Å². The van der Waals surface area contributed by atoms with Crippen LogP contribution in [0.5, 0.6) is 5.88 Å². The van der Waals surface area contributed by atoms with E-state index in [0.717, 1.165) is 5.52 Å². The van der Waals surface area contributed by atoms with Crippen LogP contribution in [0.25, 0.3) is 11.2 Å². The third-order valence-electron chi connectivity index (χ3n) is 1.38. The standard InChI is InChI=1S/C6H6N4O.H2O/c1-11-6-4-5(8-2-7-4)9-3-10-6;/h2-3H,1H3,(H,7,8,9,10);1H2. The molecule has 12 heavy (non-hydrogen) atoms. The molecule has 0 aromatic carbocycles. The molecule has 3 N–H and O–H groups in total. The first-order chi connectivity index (χ1) is 5.42. The second kappa shape index (κ2) is 3.14. The van der Waals surface area contributed by atoms with E-state index in [1.54, 1.807) is 13.4 Å². The molecule has 0 aliphatic carbocycles. The number of rotatable bonds is 1. The minimum Gasteiger partial charge on any atom is -0.479 e. The minimum absolute atomic E-state index is 0. The summed E-state index contributed by atoms with van der Waals surface area (Å²) in [4.78, 5) is 14.6. The Balaban J connectivity index is 0.000000720. The fourth-order valence-corrected chi connectivity index (χ4v) is 0.898. The van der Waals surface area contributed by atoms with Crippen LogP contribution in [-0.4, -0.2) is 32.5 Å². The van der Waals surface area contributed by atoms with Crippen molar-refractivity contribution in [3.05, 3.63) is 12.7 Å². The summed E-state index contributed by atoms with van der Waals surface area (Å²) in [5, 5.41) is 0. The maximum Gasteiger partial charge on any atom is 0.242 e. The van der Waals surface area contributed by atoms with Crippen LogP contribution < -0.4 is 4.74 Å². The Morgan fingerprint density at radius 2 is 2.17 bits per heavy atom. The molecule has 6 nitrogen and oxygen atoms in total.